The molecule has 0 atom stereocenters. The van der Waals surface area contributed by atoms with E-state index in [0.717, 1.165) is 27.6 Å². The van der Waals surface area contributed by atoms with Crippen molar-refractivity contribution in [3.05, 3.63) is 84.9 Å². The Hall–Kier alpha value is -3.78. The van der Waals surface area contributed by atoms with E-state index in [1.165, 1.54) is 37.7 Å². The summed E-state index contributed by atoms with van der Waals surface area (Å²) in [5.41, 5.74) is 4.22. The highest BCUT2D eigenvalue weighted by atomic mass is 16.3. The third-order valence-electron chi connectivity index (χ3n) is 5.98. The Balaban J connectivity index is 1.81. The Bertz CT molecular complexity index is 1720. The molecule has 130 valence electrons. The van der Waals surface area contributed by atoms with Gasteiger partial charge in [0.05, 0.1) is 0 Å². The monoisotopic (exact) mass is 357 g/mol. The van der Waals surface area contributed by atoms with E-state index in [1.807, 2.05) is 0 Å². The van der Waals surface area contributed by atoms with Gasteiger partial charge in [0.25, 0.3) is 0 Å². The predicted molar refractivity (Wildman–Crippen MR) is 118 cm³/mol. The van der Waals surface area contributed by atoms with Crippen molar-refractivity contribution in [1.82, 2.24) is 4.98 Å². The third kappa shape index (κ3) is 1.68. The topological polar surface area (TPSA) is 28.9 Å². The maximum Gasteiger partial charge on any atom is 0.143 e. The minimum atomic E-state index is 0.938. The molecule has 28 heavy (non-hydrogen) atoms. The van der Waals surface area contributed by atoms with Crippen LogP contribution in [-0.4, -0.2) is 4.98 Å². The summed E-state index contributed by atoms with van der Waals surface area (Å²) in [6.07, 6.45) is 0. The molecule has 0 aliphatic carbocycles. The van der Waals surface area contributed by atoms with Crippen molar-refractivity contribution < 1.29 is 4.42 Å². The summed E-state index contributed by atoms with van der Waals surface area (Å²) >= 11 is 0. The SMILES string of the molecule is c1ccc2c(c1)ccc1c2oc2ccc3[nH]c4ccc5ccccc5c4c3c21. The van der Waals surface area contributed by atoms with Gasteiger partial charge in [0.1, 0.15) is 11.2 Å². The van der Waals surface area contributed by atoms with E-state index in [4.69, 9.17) is 4.42 Å². The Labute approximate surface area is 160 Å². The van der Waals surface area contributed by atoms with Crippen LogP contribution < -0.4 is 0 Å². The summed E-state index contributed by atoms with van der Waals surface area (Å²) in [4.78, 5) is 3.61. The molecular formula is C26H15NO. The number of rotatable bonds is 0. The zero-order valence-corrected chi connectivity index (χ0v) is 15.0. The highest BCUT2D eigenvalue weighted by molar-refractivity contribution is 6.32. The highest BCUT2D eigenvalue weighted by Gasteiger charge is 2.17. The Morgan fingerprint density at radius 1 is 0.500 bits per heavy atom. The van der Waals surface area contributed by atoms with Gasteiger partial charge >= 0.3 is 0 Å². The second-order valence-electron chi connectivity index (χ2n) is 7.46. The minimum absolute atomic E-state index is 0.938. The normalized spacial score (nSPS) is 12.3. The number of furan rings is 1. The van der Waals surface area contributed by atoms with Gasteiger partial charge in [-0.25, -0.2) is 0 Å². The molecule has 0 saturated carbocycles. The van der Waals surface area contributed by atoms with Crippen LogP contribution >= 0.6 is 0 Å². The molecule has 0 fully saturated rings. The lowest BCUT2D eigenvalue weighted by Crippen LogP contribution is -1.76. The quantitative estimate of drug-likeness (QED) is 0.299. The molecule has 7 aromatic rings. The zero-order chi connectivity index (χ0) is 18.2. The second-order valence-corrected chi connectivity index (χ2v) is 7.46. The molecule has 5 aromatic carbocycles. The number of fused-ring (bicyclic) bond motifs is 11. The van der Waals surface area contributed by atoms with Crippen LogP contribution in [0.2, 0.25) is 0 Å². The van der Waals surface area contributed by atoms with Crippen molar-refractivity contribution >= 4 is 65.3 Å². The summed E-state index contributed by atoms with van der Waals surface area (Å²) in [6, 6.07) is 30.0. The van der Waals surface area contributed by atoms with Gasteiger partial charge in [0, 0.05) is 38.0 Å². The molecule has 0 aliphatic heterocycles. The summed E-state index contributed by atoms with van der Waals surface area (Å²) in [5, 5.41) is 9.78. The van der Waals surface area contributed by atoms with Crippen LogP contribution in [-0.2, 0) is 0 Å². The fourth-order valence-electron chi connectivity index (χ4n) is 4.75. The average Bonchev–Trinajstić information content (AvgIpc) is 3.31. The lowest BCUT2D eigenvalue weighted by Gasteiger charge is -2.01. The van der Waals surface area contributed by atoms with E-state index >= 15 is 0 Å². The average molecular weight is 357 g/mol. The molecule has 0 aliphatic rings. The van der Waals surface area contributed by atoms with Gasteiger partial charge in [0.2, 0.25) is 0 Å². The molecule has 0 unspecified atom stereocenters. The van der Waals surface area contributed by atoms with Gasteiger partial charge in [-0.3, -0.25) is 0 Å². The van der Waals surface area contributed by atoms with Gasteiger partial charge in [0.15, 0.2) is 0 Å². The van der Waals surface area contributed by atoms with Gasteiger partial charge in [-0.2, -0.15) is 0 Å². The standard InChI is InChI=1S/C26H15NO/c1-3-7-17-15(5-1)10-12-20-23(17)25-21(27-20)13-14-22-24(25)19-11-9-16-6-2-4-8-18(16)26(19)28-22/h1-14,27H. The molecule has 0 bridgehead atoms. The first kappa shape index (κ1) is 14.3. The van der Waals surface area contributed by atoms with Crippen LogP contribution in [0.5, 0.6) is 0 Å². The smallest absolute Gasteiger partial charge is 0.143 e. The number of nitrogens with one attached hydrogen (secondary N) is 1. The summed E-state index contributed by atoms with van der Waals surface area (Å²) in [7, 11) is 0. The highest BCUT2D eigenvalue weighted by Crippen LogP contribution is 2.42. The molecule has 2 heterocycles. The second kappa shape index (κ2) is 4.93. The van der Waals surface area contributed by atoms with E-state index in [2.05, 4.69) is 89.9 Å². The first-order chi connectivity index (χ1) is 13.9. The maximum absolute atomic E-state index is 6.39. The van der Waals surface area contributed by atoms with Crippen LogP contribution in [0.4, 0.5) is 0 Å². The van der Waals surface area contributed by atoms with Crippen LogP contribution in [0, 0.1) is 0 Å². The molecule has 7 rings (SSSR count). The molecule has 2 nitrogen and oxygen atoms in total. The fraction of sp³-hybridized carbons (Fsp3) is 0. The number of H-pyrrole nitrogens is 1. The first-order valence-electron chi connectivity index (χ1n) is 9.54. The first-order valence-corrected chi connectivity index (χ1v) is 9.54. The van der Waals surface area contributed by atoms with Gasteiger partial charge in [-0.1, -0.05) is 60.7 Å². The molecule has 0 amide bonds. The Kier molecular flexibility index (Phi) is 2.52. The lowest BCUT2D eigenvalue weighted by molar-refractivity contribution is 0.673. The summed E-state index contributed by atoms with van der Waals surface area (Å²) < 4.78 is 6.39. The Morgan fingerprint density at radius 2 is 1.18 bits per heavy atom. The molecule has 2 aromatic heterocycles. The Morgan fingerprint density at radius 3 is 2.07 bits per heavy atom. The molecule has 1 N–H and O–H groups in total. The van der Waals surface area contributed by atoms with E-state index < -0.39 is 0 Å². The number of aromatic amines is 1. The molecular weight excluding hydrogens is 342 g/mol. The van der Waals surface area contributed by atoms with Gasteiger partial charge < -0.3 is 9.40 Å². The van der Waals surface area contributed by atoms with E-state index in [1.54, 1.807) is 0 Å². The van der Waals surface area contributed by atoms with E-state index in [0.29, 0.717) is 0 Å². The van der Waals surface area contributed by atoms with Gasteiger partial charge in [-0.15, -0.1) is 0 Å². The van der Waals surface area contributed by atoms with E-state index in [9.17, 15) is 0 Å². The number of benzene rings is 5. The molecule has 0 radical (unpaired) electrons. The number of aromatic nitrogens is 1. The van der Waals surface area contributed by atoms with Crippen molar-refractivity contribution in [1.29, 1.82) is 0 Å². The van der Waals surface area contributed by atoms with Crippen LogP contribution in [0.3, 0.4) is 0 Å². The van der Waals surface area contributed by atoms with Crippen LogP contribution in [0.15, 0.2) is 89.3 Å². The van der Waals surface area contributed by atoms with Crippen molar-refractivity contribution in [2.75, 3.05) is 0 Å². The van der Waals surface area contributed by atoms with E-state index in [-0.39, 0.29) is 0 Å². The summed E-state index contributed by atoms with van der Waals surface area (Å²) in [6.45, 7) is 0. The van der Waals surface area contributed by atoms with Crippen LogP contribution in [0.1, 0.15) is 0 Å². The lowest BCUT2D eigenvalue weighted by atomic mass is 9.99. The minimum Gasteiger partial charge on any atom is -0.455 e. The number of hydrogen-bond donors (Lipinski definition) is 1. The molecule has 0 saturated heterocycles. The van der Waals surface area contributed by atoms with Gasteiger partial charge in [-0.05, 0) is 40.4 Å². The van der Waals surface area contributed by atoms with Crippen molar-refractivity contribution in [3.8, 4) is 0 Å². The van der Waals surface area contributed by atoms with Crippen molar-refractivity contribution in [3.63, 3.8) is 0 Å². The zero-order valence-electron chi connectivity index (χ0n) is 15.0. The largest absolute Gasteiger partial charge is 0.455 e. The van der Waals surface area contributed by atoms with Crippen LogP contribution in [0.25, 0.3) is 65.3 Å². The molecule has 2 heteroatoms. The van der Waals surface area contributed by atoms with Crippen molar-refractivity contribution in [2.45, 2.75) is 0 Å². The molecule has 0 spiro atoms. The third-order valence-corrected chi connectivity index (χ3v) is 5.98. The van der Waals surface area contributed by atoms with Crippen molar-refractivity contribution in [2.24, 2.45) is 0 Å². The maximum atomic E-state index is 6.39. The predicted octanol–water partition coefficient (Wildman–Crippen LogP) is 7.53. The fourth-order valence-corrected chi connectivity index (χ4v) is 4.75. The number of hydrogen-bond acceptors (Lipinski definition) is 1. The summed E-state index contributed by atoms with van der Waals surface area (Å²) in [5.74, 6) is 0.